The Morgan fingerprint density at radius 1 is 1.15 bits per heavy atom. The number of amides is 2. The van der Waals surface area contributed by atoms with E-state index in [9.17, 15) is 9.59 Å². The first kappa shape index (κ1) is 22.2. The van der Waals surface area contributed by atoms with Crippen LogP contribution in [0.15, 0.2) is 48.9 Å². The molecule has 0 aliphatic carbocycles. The number of hydrogen-bond donors (Lipinski definition) is 3. The maximum absolute atomic E-state index is 12.6. The lowest BCUT2D eigenvalue weighted by Crippen LogP contribution is -2.24. The molecule has 9 nitrogen and oxygen atoms in total. The molecule has 0 unspecified atom stereocenters. The molecule has 4 rings (SSSR count). The Morgan fingerprint density at radius 3 is 2.73 bits per heavy atom. The van der Waals surface area contributed by atoms with Crippen LogP contribution >= 0.6 is 11.6 Å². The molecule has 0 bridgehead atoms. The second-order valence-corrected chi connectivity index (χ2v) is 8.04. The van der Waals surface area contributed by atoms with E-state index in [2.05, 4.69) is 25.7 Å². The standard InChI is InChI=1S/C23H21ClN6O3/c1-13-5-21(29-23(32)33)28-14(2)19(13)10-26-22(31)17-8-27-30(12-17)11-15-3-4-20-16(6-15)7-18(24)9-25-20/h3-9,12H,10-11H2,1-2H3,(H,26,31)(H,28,29)(H,32,33). The van der Waals surface area contributed by atoms with Gasteiger partial charge >= 0.3 is 6.09 Å². The third-order valence-electron chi connectivity index (χ3n) is 5.17. The molecular formula is C23H21ClN6O3. The van der Waals surface area contributed by atoms with Gasteiger partial charge in [0, 0.05) is 30.0 Å². The quantitative estimate of drug-likeness (QED) is 0.393. The number of nitrogens with zero attached hydrogens (tertiary/aromatic N) is 4. The maximum Gasteiger partial charge on any atom is 0.410 e. The summed E-state index contributed by atoms with van der Waals surface area (Å²) in [4.78, 5) is 32.0. The van der Waals surface area contributed by atoms with Crippen molar-refractivity contribution >= 4 is 40.3 Å². The van der Waals surface area contributed by atoms with Gasteiger partial charge in [-0.15, -0.1) is 0 Å². The number of halogens is 1. The Labute approximate surface area is 194 Å². The summed E-state index contributed by atoms with van der Waals surface area (Å²) in [5.74, 6) is -0.0112. The van der Waals surface area contributed by atoms with Crippen LogP contribution in [0.25, 0.3) is 10.9 Å². The van der Waals surface area contributed by atoms with E-state index < -0.39 is 6.09 Å². The number of carbonyl (C=O) groups is 2. The van der Waals surface area contributed by atoms with Gasteiger partial charge in [0.05, 0.1) is 28.8 Å². The number of anilines is 1. The first-order chi connectivity index (χ1) is 15.8. The average molecular weight is 465 g/mol. The summed E-state index contributed by atoms with van der Waals surface area (Å²) in [6.45, 7) is 4.37. The zero-order valence-corrected chi connectivity index (χ0v) is 18.7. The highest BCUT2D eigenvalue weighted by atomic mass is 35.5. The molecule has 168 valence electrons. The van der Waals surface area contributed by atoms with Gasteiger partial charge in [-0.3, -0.25) is 19.8 Å². The highest BCUT2D eigenvalue weighted by Gasteiger charge is 2.13. The van der Waals surface area contributed by atoms with Crippen LogP contribution in [0.3, 0.4) is 0 Å². The minimum atomic E-state index is -1.18. The van der Waals surface area contributed by atoms with Crippen molar-refractivity contribution in [2.45, 2.75) is 26.9 Å². The zero-order valence-electron chi connectivity index (χ0n) is 18.0. The van der Waals surface area contributed by atoms with Crippen molar-refractivity contribution < 1.29 is 14.7 Å². The second kappa shape index (κ2) is 9.25. The number of hydrogen-bond acceptors (Lipinski definition) is 5. The second-order valence-electron chi connectivity index (χ2n) is 7.61. The zero-order chi connectivity index (χ0) is 23.5. The Bertz CT molecular complexity index is 1340. The summed E-state index contributed by atoms with van der Waals surface area (Å²) in [6, 6.07) is 9.38. The van der Waals surface area contributed by atoms with E-state index in [1.807, 2.05) is 31.2 Å². The molecule has 0 radical (unpaired) electrons. The molecule has 0 spiro atoms. The largest absolute Gasteiger partial charge is 0.465 e. The van der Waals surface area contributed by atoms with Crippen molar-refractivity contribution in [1.29, 1.82) is 0 Å². The number of carbonyl (C=O) groups excluding carboxylic acids is 1. The fraction of sp³-hybridized carbons (Fsp3) is 0.174. The molecule has 3 aromatic heterocycles. The maximum atomic E-state index is 12.6. The van der Waals surface area contributed by atoms with E-state index in [4.69, 9.17) is 16.7 Å². The van der Waals surface area contributed by atoms with Crippen LogP contribution in [-0.2, 0) is 13.1 Å². The molecule has 0 aliphatic rings. The van der Waals surface area contributed by atoms with Crippen molar-refractivity contribution in [2.75, 3.05) is 5.32 Å². The SMILES string of the molecule is Cc1cc(NC(=O)O)nc(C)c1CNC(=O)c1cnn(Cc2ccc3ncc(Cl)cc3c2)c1. The van der Waals surface area contributed by atoms with Gasteiger partial charge in [0.15, 0.2) is 0 Å². The fourth-order valence-corrected chi connectivity index (χ4v) is 3.74. The van der Waals surface area contributed by atoms with Gasteiger partial charge in [0.25, 0.3) is 5.91 Å². The van der Waals surface area contributed by atoms with Gasteiger partial charge in [-0.25, -0.2) is 9.78 Å². The van der Waals surface area contributed by atoms with Gasteiger partial charge in [-0.1, -0.05) is 17.7 Å². The fourth-order valence-electron chi connectivity index (χ4n) is 3.58. The minimum Gasteiger partial charge on any atom is -0.465 e. The van der Waals surface area contributed by atoms with E-state index in [-0.39, 0.29) is 18.3 Å². The topological polar surface area (TPSA) is 122 Å². The summed E-state index contributed by atoms with van der Waals surface area (Å²) in [5, 5.41) is 19.8. The number of carboxylic acid groups (broad SMARTS) is 1. The van der Waals surface area contributed by atoms with Crippen LogP contribution in [0.2, 0.25) is 5.02 Å². The van der Waals surface area contributed by atoms with Crippen LogP contribution in [-0.4, -0.2) is 36.9 Å². The lowest BCUT2D eigenvalue weighted by atomic mass is 10.1. The molecule has 0 aliphatic heterocycles. The smallest absolute Gasteiger partial charge is 0.410 e. The molecule has 0 atom stereocenters. The highest BCUT2D eigenvalue weighted by molar-refractivity contribution is 6.31. The molecule has 3 heterocycles. The summed E-state index contributed by atoms with van der Waals surface area (Å²) in [5.41, 5.74) is 4.60. The first-order valence-corrected chi connectivity index (χ1v) is 10.5. The molecule has 3 N–H and O–H groups in total. The van der Waals surface area contributed by atoms with Crippen LogP contribution in [0, 0.1) is 13.8 Å². The Balaban J connectivity index is 1.42. The van der Waals surface area contributed by atoms with Crippen molar-refractivity contribution in [2.24, 2.45) is 0 Å². The molecule has 10 heteroatoms. The van der Waals surface area contributed by atoms with Crippen LogP contribution in [0.1, 0.15) is 32.7 Å². The van der Waals surface area contributed by atoms with Gasteiger partial charge in [-0.05, 0) is 54.8 Å². The molecular weight excluding hydrogens is 444 g/mol. The summed E-state index contributed by atoms with van der Waals surface area (Å²) >= 11 is 6.04. The van der Waals surface area contributed by atoms with E-state index in [0.29, 0.717) is 22.8 Å². The van der Waals surface area contributed by atoms with E-state index >= 15 is 0 Å². The monoisotopic (exact) mass is 464 g/mol. The molecule has 1 aromatic carbocycles. The molecule has 0 fully saturated rings. The number of aromatic nitrogens is 4. The van der Waals surface area contributed by atoms with Gasteiger partial charge < -0.3 is 10.4 Å². The average Bonchev–Trinajstić information content (AvgIpc) is 3.21. The Morgan fingerprint density at radius 2 is 1.97 bits per heavy atom. The summed E-state index contributed by atoms with van der Waals surface area (Å²) < 4.78 is 1.69. The highest BCUT2D eigenvalue weighted by Crippen LogP contribution is 2.19. The van der Waals surface area contributed by atoms with E-state index in [1.54, 1.807) is 30.1 Å². The lowest BCUT2D eigenvalue weighted by Gasteiger charge is -2.12. The lowest BCUT2D eigenvalue weighted by molar-refractivity contribution is 0.0950. The number of fused-ring (bicyclic) bond motifs is 1. The summed E-state index contributed by atoms with van der Waals surface area (Å²) in [6.07, 6.45) is 3.64. The third kappa shape index (κ3) is 5.27. The van der Waals surface area contributed by atoms with Crippen molar-refractivity contribution in [3.8, 4) is 0 Å². The predicted octanol–water partition coefficient (Wildman–Crippen LogP) is 4.16. The number of benzene rings is 1. The number of nitrogens with one attached hydrogen (secondary N) is 2. The van der Waals surface area contributed by atoms with Crippen LogP contribution in [0.5, 0.6) is 0 Å². The van der Waals surface area contributed by atoms with Crippen molar-refractivity contribution in [3.63, 3.8) is 0 Å². The minimum absolute atomic E-state index is 0.251. The Kier molecular flexibility index (Phi) is 6.23. The molecule has 0 saturated heterocycles. The number of pyridine rings is 2. The predicted molar refractivity (Wildman–Crippen MR) is 125 cm³/mol. The summed E-state index contributed by atoms with van der Waals surface area (Å²) in [7, 11) is 0. The van der Waals surface area contributed by atoms with Crippen molar-refractivity contribution in [1.82, 2.24) is 25.1 Å². The third-order valence-corrected chi connectivity index (χ3v) is 5.37. The van der Waals surface area contributed by atoms with Crippen molar-refractivity contribution in [3.05, 3.63) is 81.9 Å². The van der Waals surface area contributed by atoms with Gasteiger partial charge in [0.2, 0.25) is 0 Å². The van der Waals surface area contributed by atoms with E-state index in [1.165, 1.54) is 6.20 Å². The molecule has 0 saturated carbocycles. The van der Waals surface area contributed by atoms with Crippen LogP contribution in [0.4, 0.5) is 10.6 Å². The van der Waals surface area contributed by atoms with Gasteiger partial charge in [-0.2, -0.15) is 5.10 Å². The Hall–Kier alpha value is -3.98. The van der Waals surface area contributed by atoms with Gasteiger partial charge in [0.1, 0.15) is 5.82 Å². The van der Waals surface area contributed by atoms with E-state index in [0.717, 1.165) is 27.6 Å². The molecule has 2 amide bonds. The molecule has 33 heavy (non-hydrogen) atoms. The normalized spacial score (nSPS) is 10.9. The number of rotatable bonds is 6. The molecule has 4 aromatic rings. The van der Waals surface area contributed by atoms with Crippen LogP contribution < -0.4 is 10.6 Å². The first-order valence-electron chi connectivity index (χ1n) is 10.1. The number of aryl methyl sites for hydroxylation is 2.